The normalized spacial score (nSPS) is 17.7. The quantitative estimate of drug-likeness (QED) is 0.425. The predicted molar refractivity (Wildman–Crippen MR) is 148 cm³/mol. The molecule has 0 radical (unpaired) electrons. The molecule has 198 valence electrons. The van der Waals surface area contributed by atoms with Crippen molar-refractivity contribution in [1.29, 1.82) is 0 Å². The number of rotatable bonds is 9. The Balaban J connectivity index is 1.41. The highest BCUT2D eigenvalue weighted by Gasteiger charge is 2.46. The molecule has 5 rings (SSSR count). The van der Waals surface area contributed by atoms with Gasteiger partial charge in [-0.2, -0.15) is 0 Å². The second-order valence-electron chi connectivity index (χ2n) is 9.72. The highest BCUT2D eigenvalue weighted by Crippen LogP contribution is 2.48. The van der Waals surface area contributed by atoms with Crippen molar-refractivity contribution in [1.82, 2.24) is 10.2 Å². The number of para-hydroxylation sites is 1. The van der Waals surface area contributed by atoms with Crippen molar-refractivity contribution in [2.45, 2.75) is 31.7 Å². The Hall–Kier alpha value is -4.00. The first-order valence-corrected chi connectivity index (χ1v) is 13.3. The summed E-state index contributed by atoms with van der Waals surface area (Å²) in [6.45, 7) is 4.98. The molecule has 0 bridgehead atoms. The molecule has 0 unspecified atom stereocenters. The average molecular weight is 514 g/mol. The zero-order chi connectivity index (χ0) is 26.6. The Morgan fingerprint density at radius 2 is 1.71 bits per heavy atom. The van der Waals surface area contributed by atoms with E-state index in [9.17, 15) is 9.59 Å². The van der Waals surface area contributed by atoms with Crippen LogP contribution in [0.25, 0.3) is 0 Å². The summed E-state index contributed by atoms with van der Waals surface area (Å²) in [5, 5.41) is 3.19. The number of ether oxygens (including phenoxy) is 2. The number of nitrogens with one attached hydrogen (secondary N) is 1. The monoisotopic (exact) mass is 513 g/mol. The van der Waals surface area contributed by atoms with Gasteiger partial charge in [-0.3, -0.25) is 9.59 Å². The number of methoxy groups -OCH3 is 2. The van der Waals surface area contributed by atoms with E-state index in [0.717, 1.165) is 36.2 Å². The number of hydrogen-bond acceptors (Lipinski definition) is 5. The molecule has 7 nitrogen and oxygen atoms in total. The zero-order valence-electron chi connectivity index (χ0n) is 22.3. The van der Waals surface area contributed by atoms with Gasteiger partial charge in [0.25, 0.3) is 5.91 Å². The number of benzene rings is 3. The van der Waals surface area contributed by atoms with Crippen LogP contribution in [0.15, 0.2) is 66.7 Å². The van der Waals surface area contributed by atoms with Gasteiger partial charge in [0.15, 0.2) is 11.5 Å². The summed E-state index contributed by atoms with van der Waals surface area (Å²) in [4.78, 5) is 31.6. The molecule has 0 fully saturated rings. The molecule has 0 aromatic heterocycles. The van der Waals surface area contributed by atoms with E-state index in [1.165, 1.54) is 5.69 Å². The number of hydrogen-bond donors (Lipinski definition) is 1. The van der Waals surface area contributed by atoms with Crippen molar-refractivity contribution >= 4 is 17.5 Å². The second-order valence-corrected chi connectivity index (χ2v) is 9.72. The minimum atomic E-state index is -0.516. The van der Waals surface area contributed by atoms with Crippen LogP contribution in [0, 0.1) is 0 Å². The minimum absolute atomic E-state index is 0.0310. The zero-order valence-corrected chi connectivity index (χ0v) is 22.3. The van der Waals surface area contributed by atoms with E-state index in [0.29, 0.717) is 36.6 Å². The van der Waals surface area contributed by atoms with Crippen LogP contribution in [-0.2, 0) is 11.2 Å². The lowest BCUT2D eigenvalue weighted by Crippen LogP contribution is -2.50. The van der Waals surface area contributed by atoms with Crippen LogP contribution >= 0.6 is 0 Å². The van der Waals surface area contributed by atoms with Gasteiger partial charge in [-0.15, -0.1) is 0 Å². The van der Waals surface area contributed by atoms with Crippen LogP contribution < -0.4 is 19.7 Å². The van der Waals surface area contributed by atoms with Crippen LogP contribution in [0.5, 0.6) is 11.5 Å². The Kier molecular flexibility index (Phi) is 7.54. The highest BCUT2D eigenvalue weighted by molar-refractivity contribution is 6.01. The smallest absolute Gasteiger partial charge is 0.254 e. The van der Waals surface area contributed by atoms with Crippen molar-refractivity contribution in [2.24, 2.45) is 0 Å². The fourth-order valence-corrected chi connectivity index (χ4v) is 5.84. The molecule has 0 saturated carbocycles. The number of nitrogens with zero attached hydrogens (tertiary/aromatic N) is 2. The average Bonchev–Trinajstić information content (AvgIpc) is 2.96. The maximum absolute atomic E-state index is 13.9. The Bertz CT molecular complexity index is 1310. The lowest BCUT2D eigenvalue weighted by atomic mass is 9.75. The molecule has 0 spiro atoms. The van der Waals surface area contributed by atoms with Gasteiger partial charge in [-0.1, -0.05) is 36.4 Å². The van der Waals surface area contributed by atoms with E-state index in [1.54, 1.807) is 14.2 Å². The molecule has 2 amide bonds. The first-order chi connectivity index (χ1) is 18.6. The fraction of sp³-hybridized carbons (Fsp3) is 0.355. The molecule has 38 heavy (non-hydrogen) atoms. The maximum atomic E-state index is 13.9. The summed E-state index contributed by atoms with van der Waals surface area (Å²) in [5.41, 5.74) is 4.58. The van der Waals surface area contributed by atoms with Crippen molar-refractivity contribution in [3.63, 3.8) is 0 Å². The lowest BCUT2D eigenvalue weighted by Gasteiger charge is -2.45. The summed E-state index contributed by atoms with van der Waals surface area (Å²) in [6, 6.07) is 21.3. The van der Waals surface area contributed by atoms with Gasteiger partial charge in [0.2, 0.25) is 5.91 Å². The molecule has 2 aliphatic rings. The fourth-order valence-electron chi connectivity index (χ4n) is 5.84. The van der Waals surface area contributed by atoms with Crippen LogP contribution in [0.1, 0.15) is 52.4 Å². The van der Waals surface area contributed by atoms with Crippen LogP contribution in [0.2, 0.25) is 0 Å². The molecule has 2 aliphatic heterocycles. The molecule has 3 aromatic carbocycles. The summed E-state index contributed by atoms with van der Waals surface area (Å²) in [7, 11) is 3.22. The molecule has 7 heteroatoms. The third kappa shape index (κ3) is 4.69. The molecule has 1 N–H and O–H groups in total. The minimum Gasteiger partial charge on any atom is -0.493 e. The van der Waals surface area contributed by atoms with Crippen molar-refractivity contribution in [2.75, 3.05) is 45.3 Å². The standard InChI is InChI=1S/C31H35N3O4/c1-4-33(22-11-6-5-7-12-22)17-10-16-32-30(35)28-23-13-8-9-14-24(23)31(36)34-18-15-21-19-26(37-2)27(38-3)20-25(21)29(28)34/h5-9,11-14,19-20,28-29H,4,10,15-18H2,1-3H3,(H,32,35)/t28-,29-/m0/s1. The van der Waals surface area contributed by atoms with Gasteiger partial charge in [-0.05, 0) is 66.8 Å². The first-order valence-electron chi connectivity index (χ1n) is 13.3. The number of carbonyl (C=O) groups excluding carboxylic acids is 2. The number of fused-ring (bicyclic) bond motifs is 4. The summed E-state index contributed by atoms with van der Waals surface area (Å²) in [6.07, 6.45) is 1.51. The van der Waals surface area contributed by atoms with E-state index >= 15 is 0 Å². The van der Waals surface area contributed by atoms with Crippen LogP contribution in [-0.4, -0.2) is 57.1 Å². The van der Waals surface area contributed by atoms with Crippen molar-refractivity contribution in [3.05, 3.63) is 89.0 Å². The molecule has 3 aromatic rings. The van der Waals surface area contributed by atoms with Gasteiger partial charge < -0.3 is 24.6 Å². The van der Waals surface area contributed by atoms with E-state index in [4.69, 9.17) is 9.47 Å². The molecule has 2 atom stereocenters. The lowest BCUT2D eigenvalue weighted by molar-refractivity contribution is -0.124. The molecule has 2 heterocycles. The predicted octanol–water partition coefficient (Wildman–Crippen LogP) is 4.57. The van der Waals surface area contributed by atoms with E-state index in [2.05, 4.69) is 29.3 Å². The number of amides is 2. The summed E-state index contributed by atoms with van der Waals surface area (Å²) in [5.74, 6) is 0.639. The molecule has 0 aliphatic carbocycles. The number of anilines is 1. The Morgan fingerprint density at radius 1 is 1.00 bits per heavy atom. The topological polar surface area (TPSA) is 71.1 Å². The van der Waals surface area contributed by atoms with E-state index in [-0.39, 0.29) is 11.8 Å². The van der Waals surface area contributed by atoms with Crippen molar-refractivity contribution < 1.29 is 19.1 Å². The van der Waals surface area contributed by atoms with Gasteiger partial charge in [0.1, 0.15) is 0 Å². The Morgan fingerprint density at radius 3 is 2.45 bits per heavy atom. The van der Waals surface area contributed by atoms with E-state index < -0.39 is 12.0 Å². The van der Waals surface area contributed by atoms with Crippen LogP contribution in [0.3, 0.4) is 0 Å². The number of carbonyl (C=O) groups is 2. The molecular weight excluding hydrogens is 478 g/mol. The highest BCUT2D eigenvalue weighted by atomic mass is 16.5. The second kappa shape index (κ2) is 11.2. The largest absolute Gasteiger partial charge is 0.493 e. The van der Waals surface area contributed by atoms with Gasteiger partial charge >= 0.3 is 0 Å². The summed E-state index contributed by atoms with van der Waals surface area (Å²) >= 11 is 0. The SMILES string of the molecule is CCN(CCCNC(=O)[C@H]1c2ccccc2C(=O)N2CCc3cc(OC)c(OC)cc3[C@@H]12)c1ccccc1. The van der Waals surface area contributed by atoms with Gasteiger partial charge in [0.05, 0.1) is 26.2 Å². The van der Waals surface area contributed by atoms with E-state index in [1.807, 2.05) is 59.5 Å². The van der Waals surface area contributed by atoms with Crippen LogP contribution in [0.4, 0.5) is 5.69 Å². The summed E-state index contributed by atoms with van der Waals surface area (Å²) < 4.78 is 11.1. The first kappa shape index (κ1) is 25.6. The third-order valence-electron chi connectivity index (χ3n) is 7.71. The molecular formula is C31H35N3O4. The van der Waals surface area contributed by atoms with Gasteiger partial charge in [0, 0.05) is 37.4 Å². The maximum Gasteiger partial charge on any atom is 0.254 e. The van der Waals surface area contributed by atoms with Gasteiger partial charge in [-0.25, -0.2) is 0 Å². The third-order valence-corrected chi connectivity index (χ3v) is 7.71. The Labute approximate surface area is 224 Å². The molecule has 0 saturated heterocycles. The van der Waals surface area contributed by atoms with Crippen molar-refractivity contribution in [3.8, 4) is 11.5 Å².